The van der Waals surface area contributed by atoms with E-state index in [1.54, 1.807) is 42.5 Å². The van der Waals surface area contributed by atoms with Crippen molar-refractivity contribution in [2.45, 2.75) is 13.0 Å². The highest BCUT2D eigenvalue weighted by Gasteiger charge is 2.19. The van der Waals surface area contributed by atoms with Crippen LogP contribution in [0.3, 0.4) is 0 Å². The van der Waals surface area contributed by atoms with Crippen LogP contribution in [-0.4, -0.2) is 37.6 Å². The summed E-state index contributed by atoms with van der Waals surface area (Å²) >= 11 is 0. The van der Waals surface area contributed by atoms with Crippen molar-refractivity contribution in [3.63, 3.8) is 0 Å². The van der Waals surface area contributed by atoms with Crippen molar-refractivity contribution in [2.75, 3.05) is 24.4 Å². The molecule has 9 nitrogen and oxygen atoms in total. The van der Waals surface area contributed by atoms with Crippen LogP contribution in [0.5, 0.6) is 11.5 Å². The lowest BCUT2D eigenvalue weighted by Gasteiger charge is -2.14. The second-order valence-corrected chi connectivity index (χ2v) is 7.32. The van der Waals surface area contributed by atoms with Gasteiger partial charge in [-0.2, -0.15) is 5.26 Å². The van der Waals surface area contributed by atoms with E-state index in [0.29, 0.717) is 28.4 Å². The van der Waals surface area contributed by atoms with Gasteiger partial charge in [0.25, 0.3) is 11.8 Å². The lowest BCUT2D eigenvalue weighted by Crippen LogP contribution is -2.30. The van der Waals surface area contributed by atoms with Crippen LogP contribution in [0.25, 0.3) is 0 Å². The Kier molecular flexibility index (Phi) is 8.40. The summed E-state index contributed by atoms with van der Waals surface area (Å²) in [5, 5.41) is 14.2. The number of carbonyl (C=O) groups excluding carboxylic acids is 3. The smallest absolute Gasteiger partial charge is 0.338 e. The Bertz CT molecular complexity index is 1250. The third-order valence-corrected chi connectivity index (χ3v) is 4.73. The van der Waals surface area contributed by atoms with Crippen LogP contribution >= 0.6 is 0 Å². The normalized spacial score (nSPS) is 10.9. The minimum Gasteiger partial charge on any atom is -0.497 e. The van der Waals surface area contributed by atoms with Gasteiger partial charge in [0, 0.05) is 17.4 Å². The predicted octanol–water partition coefficient (Wildman–Crippen LogP) is 3.77. The van der Waals surface area contributed by atoms with Crippen molar-refractivity contribution in [1.29, 1.82) is 5.26 Å². The molecule has 0 spiro atoms. The summed E-state index contributed by atoms with van der Waals surface area (Å²) < 4.78 is 15.8. The first-order chi connectivity index (χ1) is 16.9. The maximum Gasteiger partial charge on any atom is 0.338 e. The number of methoxy groups -OCH3 is 1. The second-order valence-electron chi connectivity index (χ2n) is 7.32. The number of anilines is 2. The van der Waals surface area contributed by atoms with Gasteiger partial charge < -0.3 is 24.8 Å². The Morgan fingerprint density at radius 2 is 1.60 bits per heavy atom. The maximum absolute atomic E-state index is 12.4. The monoisotopic (exact) mass is 473 g/mol. The van der Waals surface area contributed by atoms with E-state index in [2.05, 4.69) is 10.6 Å². The number of nitrogens with zero attached hydrogens (tertiary/aromatic N) is 1. The molecule has 0 aliphatic heterocycles. The standard InChI is InChI=1S/C26H23N3O6/c1-17(25(31)29-20-6-3-5-18(13-20)15-27)35-26(32)19-9-11-22(12-10-19)34-16-24(30)28-21-7-4-8-23(14-21)33-2/h3-14,17H,16H2,1-2H3,(H,28,30)(H,29,31). The number of esters is 1. The molecule has 0 fully saturated rings. The Morgan fingerprint density at radius 1 is 0.914 bits per heavy atom. The van der Waals surface area contributed by atoms with Gasteiger partial charge in [-0.3, -0.25) is 9.59 Å². The van der Waals surface area contributed by atoms with Crippen molar-refractivity contribution < 1.29 is 28.6 Å². The molecule has 0 bridgehead atoms. The summed E-state index contributed by atoms with van der Waals surface area (Å²) in [7, 11) is 1.54. The second kappa shape index (κ2) is 11.9. The number of rotatable bonds is 9. The van der Waals surface area contributed by atoms with Gasteiger partial charge in [0.1, 0.15) is 11.5 Å². The minimum atomic E-state index is -1.07. The fourth-order valence-corrected chi connectivity index (χ4v) is 2.93. The molecule has 0 saturated carbocycles. The topological polar surface area (TPSA) is 127 Å². The van der Waals surface area contributed by atoms with Gasteiger partial charge >= 0.3 is 5.97 Å². The summed E-state index contributed by atoms with van der Waals surface area (Å²) in [6.45, 7) is 1.21. The number of amides is 2. The van der Waals surface area contributed by atoms with Crippen LogP contribution in [0, 0.1) is 11.3 Å². The Balaban J connectivity index is 1.48. The fraction of sp³-hybridized carbons (Fsp3) is 0.154. The van der Waals surface area contributed by atoms with Crippen LogP contribution in [-0.2, 0) is 14.3 Å². The molecule has 0 aliphatic rings. The van der Waals surface area contributed by atoms with E-state index in [9.17, 15) is 14.4 Å². The third kappa shape index (κ3) is 7.33. The number of carbonyl (C=O) groups is 3. The van der Waals surface area contributed by atoms with Crippen molar-refractivity contribution in [1.82, 2.24) is 0 Å². The Labute approximate surface area is 202 Å². The molecule has 3 aromatic rings. The maximum atomic E-state index is 12.4. The summed E-state index contributed by atoms with van der Waals surface area (Å²) in [6.07, 6.45) is -1.07. The molecule has 0 aliphatic carbocycles. The van der Waals surface area contributed by atoms with Gasteiger partial charge in [0.15, 0.2) is 12.7 Å². The molecular weight excluding hydrogens is 450 g/mol. The Hall–Kier alpha value is -4.84. The van der Waals surface area contributed by atoms with E-state index in [1.807, 2.05) is 6.07 Å². The number of nitrogens with one attached hydrogen (secondary N) is 2. The lowest BCUT2D eigenvalue weighted by molar-refractivity contribution is -0.123. The van der Waals surface area contributed by atoms with Crippen molar-refractivity contribution in [2.24, 2.45) is 0 Å². The molecule has 3 rings (SSSR count). The predicted molar refractivity (Wildman–Crippen MR) is 128 cm³/mol. The molecule has 0 heterocycles. The first kappa shape index (κ1) is 24.8. The summed E-state index contributed by atoms with van der Waals surface area (Å²) in [4.78, 5) is 36.8. The van der Waals surface area contributed by atoms with Gasteiger partial charge in [0.05, 0.1) is 24.3 Å². The van der Waals surface area contributed by atoms with Gasteiger partial charge in [-0.15, -0.1) is 0 Å². The zero-order valence-corrected chi connectivity index (χ0v) is 19.1. The van der Waals surface area contributed by atoms with Gasteiger partial charge in [0.2, 0.25) is 0 Å². The molecule has 1 atom stereocenters. The number of nitriles is 1. The summed E-state index contributed by atoms with van der Waals surface area (Å²) in [6, 6.07) is 21.3. The van der Waals surface area contributed by atoms with E-state index < -0.39 is 18.0 Å². The minimum absolute atomic E-state index is 0.212. The van der Waals surface area contributed by atoms with Crippen LogP contribution in [0.1, 0.15) is 22.8 Å². The first-order valence-electron chi connectivity index (χ1n) is 10.6. The quantitative estimate of drug-likeness (QED) is 0.453. The molecule has 2 N–H and O–H groups in total. The van der Waals surface area contributed by atoms with E-state index in [4.69, 9.17) is 19.5 Å². The number of benzene rings is 3. The zero-order chi connectivity index (χ0) is 25.2. The van der Waals surface area contributed by atoms with E-state index >= 15 is 0 Å². The number of ether oxygens (including phenoxy) is 3. The average molecular weight is 473 g/mol. The number of hydrogen-bond donors (Lipinski definition) is 2. The summed E-state index contributed by atoms with van der Waals surface area (Å²) in [5.74, 6) is -0.588. The van der Waals surface area contributed by atoms with Gasteiger partial charge in [-0.25, -0.2) is 4.79 Å². The molecule has 0 aromatic heterocycles. The first-order valence-corrected chi connectivity index (χ1v) is 10.6. The molecule has 178 valence electrons. The fourth-order valence-electron chi connectivity index (χ4n) is 2.93. The third-order valence-electron chi connectivity index (χ3n) is 4.73. The van der Waals surface area contributed by atoms with E-state index in [-0.39, 0.29) is 18.1 Å². The highest BCUT2D eigenvalue weighted by Crippen LogP contribution is 2.18. The molecule has 0 radical (unpaired) electrons. The SMILES string of the molecule is COc1cccc(NC(=O)COc2ccc(C(=O)OC(C)C(=O)Nc3cccc(C#N)c3)cc2)c1. The van der Waals surface area contributed by atoms with Crippen molar-refractivity contribution in [3.05, 3.63) is 83.9 Å². The highest BCUT2D eigenvalue weighted by atomic mass is 16.5. The Morgan fingerprint density at radius 3 is 2.29 bits per heavy atom. The average Bonchev–Trinajstić information content (AvgIpc) is 2.87. The molecule has 35 heavy (non-hydrogen) atoms. The zero-order valence-electron chi connectivity index (χ0n) is 19.1. The van der Waals surface area contributed by atoms with E-state index in [0.717, 1.165) is 0 Å². The molecule has 0 saturated heterocycles. The van der Waals surface area contributed by atoms with Gasteiger partial charge in [-0.05, 0) is 61.5 Å². The van der Waals surface area contributed by atoms with Crippen LogP contribution in [0.15, 0.2) is 72.8 Å². The van der Waals surface area contributed by atoms with Crippen LogP contribution in [0.4, 0.5) is 11.4 Å². The van der Waals surface area contributed by atoms with Crippen LogP contribution < -0.4 is 20.1 Å². The molecule has 9 heteroatoms. The van der Waals surface area contributed by atoms with Gasteiger partial charge in [-0.1, -0.05) is 12.1 Å². The molecule has 1 unspecified atom stereocenters. The lowest BCUT2D eigenvalue weighted by atomic mass is 10.2. The van der Waals surface area contributed by atoms with Crippen molar-refractivity contribution >= 4 is 29.2 Å². The highest BCUT2D eigenvalue weighted by molar-refractivity contribution is 5.97. The summed E-state index contributed by atoms with van der Waals surface area (Å²) in [5.41, 5.74) is 1.61. The molecule has 2 amide bonds. The van der Waals surface area contributed by atoms with Crippen LogP contribution in [0.2, 0.25) is 0 Å². The number of hydrogen-bond acceptors (Lipinski definition) is 7. The molecular formula is C26H23N3O6. The molecule has 3 aromatic carbocycles. The van der Waals surface area contributed by atoms with Crippen molar-refractivity contribution in [3.8, 4) is 17.6 Å². The largest absolute Gasteiger partial charge is 0.497 e. The van der Waals surface area contributed by atoms with E-state index in [1.165, 1.54) is 44.4 Å².